The summed E-state index contributed by atoms with van der Waals surface area (Å²) in [5.74, 6) is 0.791. The number of aromatic nitrogens is 2. The molecule has 8 nitrogen and oxygen atoms in total. The van der Waals surface area contributed by atoms with Gasteiger partial charge in [-0.3, -0.25) is 4.90 Å². The van der Waals surface area contributed by atoms with Crippen LogP contribution in [0.1, 0.15) is 48.9 Å². The molecule has 0 radical (unpaired) electrons. The maximum absolute atomic E-state index is 13.8. The number of hydrogen-bond donors (Lipinski definition) is 1. The zero-order valence-corrected chi connectivity index (χ0v) is 22.2. The summed E-state index contributed by atoms with van der Waals surface area (Å²) in [6, 6.07) is 8.64. The van der Waals surface area contributed by atoms with E-state index in [4.69, 9.17) is 14.7 Å². The second kappa shape index (κ2) is 10.1. The predicted molar refractivity (Wildman–Crippen MR) is 141 cm³/mol. The molecule has 1 N–H and O–H groups in total. The lowest BCUT2D eigenvalue weighted by atomic mass is 10.0. The molecule has 11 heteroatoms. The Morgan fingerprint density at radius 2 is 1.97 bits per heavy atom. The van der Waals surface area contributed by atoms with Gasteiger partial charge < -0.3 is 19.9 Å². The molecule has 1 aromatic carbocycles. The molecule has 3 aliphatic heterocycles. The fourth-order valence-corrected chi connectivity index (χ4v) is 6.54. The van der Waals surface area contributed by atoms with Crippen LogP contribution in [0, 0.1) is 11.3 Å². The molecule has 0 amide bonds. The van der Waals surface area contributed by atoms with Crippen molar-refractivity contribution in [3.63, 3.8) is 0 Å². The smallest absolute Gasteiger partial charge is 0.418 e. The molecular formula is C28H34F3N7O. The fourth-order valence-electron chi connectivity index (χ4n) is 6.54. The third kappa shape index (κ3) is 5.12. The van der Waals surface area contributed by atoms with Crippen molar-refractivity contribution in [1.29, 1.82) is 5.26 Å². The van der Waals surface area contributed by atoms with Crippen molar-refractivity contribution in [2.24, 2.45) is 0 Å². The van der Waals surface area contributed by atoms with Crippen LogP contribution in [0.2, 0.25) is 0 Å². The van der Waals surface area contributed by atoms with Crippen LogP contribution in [-0.2, 0) is 19.1 Å². The van der Waals surface area contributed by atoms with E-state index in [0.29, 0.717) is 43.7 Å². The monoisotopic (exact) mass is 541 g/mol. The SMILES string of the molecule is CN1CCCC1C1(Oc2nc3c(c(N4CCN[C@@H](CC#N)C4)n2)CCN(c2ccccc2C(F)(F)F)C3)CC1. The number of ether oxygens (including phenoxy) is 1. The van der Waals surface area contributed by atoms with Crippen LogP contribution >= 0.6 is 0 Å². The van der Waals surface area contributed by atoms with Crippen LogP contribution in [0.5, 0.6) is 6.01 Å². The molecule has 6 rings (SSSR count). The number of likely N-dealkylation sites (N-methyl/N-ethyl adjacent to an activating group) is 1. The Morgan fingerprint density at radius 3 is 2.69 bits per heavy atom. The van der Waals surface area contributed by atoms with Gasteiger partial charge in [0, 0.05) is 49.5 Å². The third-order valence-corrected chi connectivity index (χ3v) is 8.63. The number of likely N-dealkylation sites (tertiary alicyclic amines) is 1. The summed E-state index contributed by atoms with van der Waals surface area (Å²) in [4.78, 5) is 16.1. The standard InChI is InChI=1S/C28H34F3N7O/c1-36-14-4-7-24(36)27(10-11-27)39-26-34-22-18-37(23-6-3-2-5-21(23)28(29,30)31)15-9-20(22)25(35-26)38-16-13-33-19(17-38)8-12-32/h2-3,5-6,19,24,33H,4,7-11,13-18H2,1H3/t19-,24?/m0/s1. The van der Waals surface area contributed by atoms with Crippen LogP contribution in [0.25, 0.3) is 0 Å². The van der Waals surface area contributed by atoms with Crippen molar-refractivity contribution in [3.05, 3.63) is 41.1 Å². The molecule has 2 saturated heterocycles. The topological polar surface area (TPSA) is 80.5 Å². The van der Waals surface area contributed by atoms with Gasteiger partial charge in [0.05, 0.1) is 30.3 Å². The van der Waals surface area contributed by atoms with Gasteiger partial charge in [-0.05, 0) is 57.8 Å². The van der Waals surface area contributed by atoms with Gasteiger partial charge in [-0.2, -0.15) is 28.4 Å². The summed E-state index contributed by atoms with van der Waals surface area (Å²) < 4.78 is 48.1. The van der Waals surface area contributed by atoms with E-state index in [1.165, 1.54) is 12.1 Å². The van der Waals surface area contributed by atoms with E-state index in [1.807, 2.05) is 0 Å². The highest BCUT2D eigenvalue weighted by molar-refractivity contribution is 5.59. The van der Waals surface area contributed by atoms with Crippen molar-refractivity contribution < 1.29 is 17.9 Å². The highest BCUT2D eigenvalue weighted by atomic mass is 19.4. The van der Waals surface area contributed by atoms with Gasteiger partial charge >= 0.3 is 12.2 Å². The lowest BCUT2D eigenvalue weighted by molar-refractivity contribution is -0.137. The van der Waals surface area contributed by atoms with E-state index in [2.05, 4.69) is 28.2 Å². The number of para-hydroxylation sites is 1. The average molecular weight is 542 g/mol. The quantitative estimate of drug-likeness (QED) is 0.593. The van der Waals surface area contributed by atoms with Crippen LogP contribution in [0.4, 0.5) is 24.7 Å². The zero-order chi connectivity index (χ0) is 27.2. The van der Waals surface area contributed by atoms with E-state index >= 15 is 0 Å². The number of benzene rings is 1. The van der Waals surface area contributed by atoms with Gasteiger partial charge in [-0.25, -0.2) is 0 Å². The summed E-state index contributed by atoms with van der Waals surface area (Å²) >= 11 is 0. The molecule has 0 spiro atoms. The fraction of sp³-hybridized carbons (Fsp3) is 0.607. The number of nitriles is 1. The van der Waals surface area contributed by atoms with E-state index in [-0.39, 0.29) is 23.9 Å². The number of nitrogens with zero attached hydrogens (tertiary/aromatic N) is 6. The minimum Gasteiger partial charge on any atom is -0.455 e. The first-order chi connectivity index (χ1) is 18.8. The molecule has 3 fully saturated rings. The molecule has 39 heavy (non-hydrogen) atoms. The van der Waals surface area contributed by atoms with E-state index in [0.717, 1.165) is 62.8 Å². The maximum Gasteiger partial charge on any atom is 0.418 e. The molecule has 1 aliphatic carbocycles. The Hall–Kier alpha value is -3.10. The minimum atomic E-state index is -4.44. The number of alkyl halides is 3. The van der Waals surface area contributed by atoms with Crippen molar-refractivity contribution in [2.45, 2.75) is 68.9 Å². The number of anilines is 2. The first-order valence-electron chi connectivity index (χ1n) is 13.8. The number of fused-ring (bicyclic) bond motifs is 1. The van der Waals surface area contributed by atoms with Gasteiger partial charge in [0.1, 0.15) is 11.4 Å². The molecule has 208 valence electrons. The van der Waals surface area contributed by atoms with Crippen molar-refractivity contribution in [1.82, 2.24) is 20.2 Å². The van der Waals surface area contributed by atoms with Gasteiger partial charge in [-0.15, -0.1) is 0 Å². The van der Waals surface area contributed by atoms with Crippen molar-refractivity contribution in [3.8, 4) is 12.1 Å². The second-order valence-electron chi connectivity index (χ2n) is 11.2. The van der Waals surface area contributed by atoms with Crippen molar-refractivity contribution >= 4 is 11.5 Å². The Labute approximate surface area is 226 Å². The number of piperazine rings is 1. The molecular weight excluding hydrogens is 507 g/mol. The summed E-state index contributed by atoms with van der Waals surface area (Å²) in [5, 5.41) is 12.6. The molecule has 1 aromatic heterocycles. The molecule has 4 heterocycles. The first kappa shape index (κ1) is 26.1. The Kier molecular flexibility index (Phi) is 6.79. The van der Waals surface area contributed by atoms with Crippen molar-refractivity contribution in [2.75, 3.05) is 49.6 Å². The Balaban J connectivity index is 1.35. The van der Waals surface area contributed by atoms with Gasteiger partial charge in [-0.1, -0.05) is 12.1 Å². The Morgan fingerprint density at radius 1 is 1.15 bits per heavy atom. The van der Waals surface area contributed by atoms with Gasteiger partial charge in [0.15, 0.2) is 0 Å². The highest BCUT2D eigenvalue weighted by Crippen LogP contribution is 2.48. The van der Waals surface area contributed by atoms with Crippen LogP contribution in [0.15, 0.2) is 24.3 Å². The lowest BCUT2D eigenvalue weighted by Crippen LogP contribution is -2.51. The molecule has 2 aromatic rings. The summed E-state index contributed by atoms with van der Waals surface area (Å²) in [6.07, 6.45) is 0.583. The van der Waals surface area contributed by atoms with E-state index in [9.17, 15) is 18.4 Å². The van der Waals surface area contributed by atoms with Gasteiger partial charge in [0.2, 0.25) is 0 Å². The molecule has 1 unspecified atom stereocenters. The number of rotatable bonds is 6. The minimum absolute atomic E-state index is 0.0272. The molecule has 4 aliphatic rings. The third-order valence-electron chi connectivity index (χ3n) is 8.63. The largest absolute Gasteiger partial charge is 0.455 e. The normalized spacial score (nSPS) is 24.8. The maximum atomic E-state index is 13.8. The lowest BCUT2D eigenvalue weighted by Gasteiger charge is -2.38. The average Bonchev–Trinajstić information content (AvgIpc) is 3.56. The summed E-state index contributed by atoms with van der Waals surface area (Å²) in [7, 11) is 2.13. The predicted octanol–water partition coefficient (Wildman–Crippen LogP) is 3.76. The second-order valence-corrected chi connectivity index (χ2v) is 11.2. The van der Waals surface area contributed by atoms with E-state index < -0.39 is 11.7 Å². The number of nitrogens with one attached hydrogen (secondary N) is 1. The van der Waals surface area contributed by atoms with Crippen LogP contribution in [-0.4, -0.2) is 72.3 Å². The molecule has 0 bridgehead atoms. The number of hydrogen-bond acceptors (Lipinski definition) is 8. The Bertz CT molecular complexity index is 1260. The molecule has 2 atom stereocenters. The molecule has 1 saturated carbocycles. The van der Waals surface area contributed by atoms with E-state index in [1.54, 1.807) is 11.0 Å². The van der Waals surface area contributed by atoms with Crippen LogP contribution < -0.4 is 19.9 Å². The zero-order valence-electron chi connectivity index (χ0n) is 22.2. The highest BCUT2D eigenvalue weighted by Gasteiger charge is 2.55. The first-order valence-corrected chi connectivity index (χ1v) is 13.8. The van der Waals surface area contributed by atoms with Crippen LogP contribution in [0.3, 0.4) is 0 Å². The number of halogens is 3. The summed E-state index contributed by atoms with van der Waals surface area (Å²) in [5.41, 5.74) is 0.899. The summed E-state index contributed by atoms with van der Waals surface area (Å²) in [6.45, 7) is 3.80. The van der Waals surface area contributed by atoms with Gasteiger partial charge in [0.25, 0.3) is 0 Å².